The quantitative estimate of drug-likeness (QED) is 0.869. The fraction of sp³-hybridized carbons (Fsp3) is 0.643. The number of aliphatic hydroxyl groups is 1. The average Bonchev–Trinajstić information content (AvgIpc) is 3.01. The molecule has 0 spiro atoms. The van der Waals surface area contributed by atoms with Gasteiger partial charge in [-0.15, -0.1) is 10.2 Å². The third-order valence-corrected chi connectivity index (χ3v) is 5.58. The van der Waals surface area contributed by atoms with Crippen LogP contribution in [0.5, 0.6) is 0 Å². The van der Waals surface area contributed by atoms with Gasteiger partial charge in [0.1, 0.15) is 6.33 Å². The molecule has 0 aromatic carbocycles. The van der Waals surface area contributed by atoms with Crippen molar-refractivity contribution in [3.05, 3.63) is 22.7 Å². The monoisotopic (exact) mass is 305 g/mol. The first kappa shape index (κ1) is 13.2. The van der Waals surface area contributed by atoms with E-state index < -0.39 is 0 Å². The lowest BCUT2D eigenvalue weighted by molar-refractivity contribution is 0.102. The molecule has 0 bridgehead atoms. The van der Waals surface area contributed by atoms with Crippen molar-refractivity contribution >= 4 is 16.5 Å². The summed E-state index contributed by atoms with van der Waals surface area (Å²) in [5.41, 5.74) is 1.20. The number of thiazole rings is 1. The van der Waals surface area contributed by atoms with Gasteiger partial charge in [0.05, 0.1) is 23.2 Å². The summed E-state index contributed by atoms with van der Waals surface area (Å²) in [6.07, 6.45) is 3.17. The second kappa shape index (κ2) is 4.51. The maximum Gasteiger partial charge on any atom is 0.186 e. The van der Waals surface area contributed by atoms with Crippen LogP contribution in [-0.2, 0) is 19.5 Å². The molecule has 7 heteroatoms. The Balaban J connectivity index is 1.63. The minimum absolute atomic E-state index is 0.125. The summed E-state index contributed by atoms with van der Waals surface area (Å²) >= 11 is 1.64. The van der Waals surface area contributed by atoms with Gasteiger partial charge < -0.3 is 14.6 Å². The molecule has 1 atom stereocenters. The fourth-order valence-corrected chi connectivity index (χ4v) is 4.34. The van der Waals surface area contributed by atoms with Gasteiger partial charge in [-0.3, -0.25) is 0 Å². The highest BCUT2D eigenvalue weighted by atomic mass is 32.1. The van der Waals surface area contributed by atoms with Crippen molar-refractivity contribution in [1.82, 2.24) is 19.7 Å². The van der Waals surface area contributed by atoms with Gasteiger partial charge >= 0.3 is 0 Å². The Morgan fingerprint density at radius 3 is 3.10 bits per heavy atom. The molecule has 3 heterocycles. The highest BCUT2D eigenvalue weighted by Gasteiger charge is 2.35. The maximum absolute atomic E-state index is 10.4. The molecule has 0 fully saturated rings. The normalized spacial score (nSPS) is 23.8. The van der Waals surface area contributed by atoms with E-state index in [9.17, 15) is 5.11 Å². The van der Waals surface area contributed by atoms with Crippen LogP contribution in [0.1, 0.15) is 42.8 Å². The van der Waals surface area contributed by atoms with Crippen LogP contribution < -0.4 is 4.90 Å². The van der Waals surface area contributed by atoms with E-state index in [1.165, 1.54) is 0 Å². The van der Waals surface area contributed by atoms with Crippen LogP contribution in [0.15, 0.2) is 6.33 Å². The number of hydrogen-bond donors (Lipinski definition) is 1. The van der Waals surface area contributed by atoms with E-state index in [4.69, 9.17) is 4.98 Å². The first-order valence-corrected chi connectivity index (χ1v) is 8.13. The standard InChI is InChI=1S/C14H19N5OS/c1-14(2)5-9-12(10(20)6-14)21-13(16-9)18-3-4-19-8-15-17-11(19)7-18/h8,10,20H,3-7H2,1-2H3. The SMILES string of the molecule is CC1(C)Cc2nc(N3CCn4cnnc4C3)sc2C(O)C1. The summed E-state index contributed by atoms with van der Waals surface area (Å²) in [7, 11) is 0. The van der Waals surface area contributed by atoms with E-state index in [1.807, 2.05) is 0 Å². The molecule has 1 aliphatic carbocycles. The van der Waals surface area contributed by atoms with Crippen molar-refractivity contribution in [2.24, 2.45) is 5.41 Å². The van der Waals surface area contributed by atoms with E-state index in [2.05, 4.69) is 33.5 Å². The zero-order chi connectivity index (χ0) is 14.6. The maximum atomic E-state index is 10.4. The number of nitrogens with zero attached hydrogens (tertiary/aromatic N) is 5. The fourth-order valence-electron chi connectivity index (χ4n) is 3.24. The first-order valence-electron chi connectivity index (χ1n) is 7.31. The zero-order valence-corrected chi connectivity index (χ0v) is 13.1. The molecule has 2 aromatic rings. The predicted octanol–water partition coefficient (Wildman–Crippen LogP) is 1.76. The second-order valence-corrected chi connectivity index (χ2v) is 7.74. The summed E-state index contributed by atoms with van der Waals surface area (Å²) in [6.45, 7) is 6.94. The van der Waals surface area contributed by atoms with Gasteiger partial charge in [-0.2, -0.15) is 0 Å². The number of hydrogen-bond acceptors (Lipinski definition) is 6. The number of fused-ring (bicyclic) bond motifs is 2. The molecule has 2 aliphatic rings. The molecule has 6 nitrogen and oxygen atoms in total. The van der Waals surface area contributed by atoms with Crippen LogP contribution in [0, 0.1) is 5.41 Å². The lowest BCUT2D eigenvalue weighted by atomic mass is 9.77. The minimum Gasteiger partial charge on any atom is -0.387 e. The smallest absolute Gasteiger partial charge is 0.186 e. The molecule has 4 rings (SSSR count). The number of aromatic nitrogens is 4. The lowest BCUT2D eigenvalue weighted by Crippen LogP contribution is -2.33. The van der Waals surface area contributed by atoms with E-state index >= 15 is 0 Å². The van der Waals surface area contributed by atoms with Gasteiger partial charge in [0, 0.05) is 13.1 Å². The Labute approximate surface area is 127 Å². The summed E-state index contributed by atoms with van der Waals surface area (Å²) in [5, 5.41) is 19.5. The number of rotatable bonds is 1. The summed E-state index contributed by atoms with van der Waals surface area (Å²) in [5.74, 6) is 0.982. The highest BCUT2D eigenvalue weighted by Crippen LogP contribution is 2.44. The Morgan fingerprint density at radius 2 is 2.24 bits per heavy atom. The minimum atomic E-state index is -0.372. The van der Waals surface area contributed by atoms with E-state index in [0.717, 1.165) is 54.0 Å². The van der Waals surface area contributed by atoms with Gasteiger partial charge in [-0.25, -0.2) is 4.98 Å². The van der Waals surface area contributed by atoms with Crippen LogP contribution in [-0.4, -0.2) is 31.4 Å². The van der Waals surface area contributed by atoms with Crippen LogP contribution in [0.4, 0.5) is 5.13 Å². The van der Waals surface area contributed by atoms with Crippen molar-refractivity contribution in [3.8, 4) is 0 Å². The molecule has 0 radical (unpaired) electrons. The van der Waals surface area contributed by atoms with Crippen molar-refractivity contribution in [1.29, 1.82) is 0 Å². The van der Waals surface area contributed by atoms with Gasteiger partial charge in [0.2, 0.25) is 0 Å². The van der Waals surface area contributed by atoms with E-state index in [0.29, 0.717) is 0 Å². The van der Waals surface area contributed by atoms with Gasteiger partial charge in [-0.05, 0) is 18.3 Å². The molecular formula is C14H19N5OS. The van der Waals surface area contributed by atoms with Crippen molar-refractivity contribution < 1.29 is 5.11 Å². The third kappa shape index (κ3) is 2.24. The Morgan fingerprint density at radius 1 is 1.38 bits per heavy atom. The third-order valence-electron chi connectivity index (χ3n) is 4.32. The summed E-state index contributed by atoms with van der Waals surface area (Å²) < 4.78 is 2.09. The largest absolute Gasteiger partial charge is 0.387 e. The van der Waals surface area contributed by atoms with Crippen LogP contribution in [0.2, 0.25) is 0 Å². The van der Waals surface area contributed by atoms with E-state index in [1.54, 1.807) is 17.7 Å². The molecule has 1 N–H and O–H groups in total. The van der Waals surface area contributed by atoms with Crippen molar-refractivity contribution in [2.75, 3.05) is 11.4 Å². The molecule has 112 valence electrons. The molecule has 2 aromatic heterocycles. The van der Waals surface area contributed by atoms with Gasteiger partial charge in [0.25, 0.3) is 0 Å². The molecule has 1 aliphatic heterocycles. The lowest BCUT2D eigenvalue weighted by Gasteiger charge is -2.31. The molecule has 0 saturated carbocycles. The molecule has 0 saturated heterocycles. The topological polar surface area (TPSA) is 67.1 Å². The zero-order valence-electron chi connectivity index (χ0n) is 12.3. The molecule has 0 amide bonds. The first-order chi connectivity index (χ1) is 10.0. The molecule has 1 unspecified atom stereocenters. The van der Waals surface area contributed by atoms with Crippen molar-refractivity contribution in [3.63, 3.8) is 0 Å². The summed E-state index contributed by atoms with van der Waals surface area (Å²) in [6, 6.07) is 0. The van der Waals surface area contributed by atoms with Gasteiger partial charge in [-0.1, -0.05) is 25.2 Å². The predicted molar refractivity (Wildman–Crippen MR) is 80.2 cm³/mol. The van der Waals surface area contributed by atoms with Crippen molar-refractivity contribution in [2.45, 2.75) is 45.9 Å². The van der Waals surface area contributed by atoms with Crippen LogP contribution in [0.25, 0.3) is 0 Å². The number of aliphatic hydroxyl groups excluding tert-OH is 1. The Kier molecular flexibility index (Phi) is 2.84. The Hall–Kier alpha value is -1.47. The Bertz CT molecular complexity index is 677. The average molecular weight is 305 g/mol. The highest BCUT2D eigenvalue weighted by molar-refractivity contribution is 7.15. The van der Waals surface area contributed by atoms with Gasteiger partial charge in [0.15, 0.2) is 11.0 Å². The second-order valence-electron chi connectivity index (χ2n) is 6.73. The van der Waals surface area contributed by atoms with E-state index in [-0.39, 0.29) is 11.5 Å². The van der Waals surface area contributed by atoms with Crippen LogP contribution in [0.3, 0.4) is 0 Å². The number of anilines is 1. The van der Waals surface area contributed by atoms with Crippen LogP contribution >= 0.6 is 11.3 Å². The molecular weight excluding hydrogens is 286 g/mol. The summed E-state index contributed by atoms with van der Waals surface area (Å²) in [4.78, 5) is 8.10. The molecule has 21 heavy (non-hydrogen) atoms.